The Hall–Kier alpha value is -2.06. The molecular formula is C14H20N4O. The van der Waals surface area contributed by atoms with Gasteiger partial charge in [0.2, 0.25) is 5.91 Å². The Balaban J connectivity index is 2.26. The molecule has 1 rings (SSSR count). The first-order valence-corrected chi connectivity index (χ1v) is 6.33. The molecule has 1 aromatic carbocycles. The van der Waals surface area contributed by atoms with Crippen LogP contribution < -0.4 is 11.1 Å². The van der Waals surface area contributed by atoms with Crippen molar-refractivity contribution in [2.75, 3.05) is 31.2 Å². The summed E-state index contributed by atoms with van der Waals surface area (Å²) in [7, 11) is 1.95. The molecule has 0 aromatic heterocycles. The minimum atomic E-state index is -0.0356. The molecule has 1 amide bonds. The van der Waals surface area contributed by atoms with E-state index in [0.29, 0.717) is 24.2 Å². The van der Waals surface area contributed by atoms with Crippen LogP contribution in [0.25, 0.3) is 0 Å². The average molecular weight is 260 g/mol. The van der Waals surface area contributed by atoms with Crippen molar-refractivity contribution in [3.8, 4) is 6.07 Å². The normalized spacial score (nSPS) is 10.2. The molecule has 5 nitrogen and oxygen atoms in total. The maximum absolute atomic E-state index is 11.7. The van der Waals surface area contributed by atoms with Crippen LogP contribution in [-0.4, -0.2) is 30.9 Å². The van der Waals surface area contributed by atoms with Crippen molar-refractivity contribution in [2.24, 2.45) is 0 Å². The van der Waals surface area contributed by atoms with Crippen LogP contribution in [0.5, 0.6) is 0 Å². The molecule has 3 N–H and O–H groups in total. The highest BCUT2D eigenvalue weighted by Gasteiger charge is 2.05. The third-order valence-electron chi connectivity index (χ3n) is 2.78. The van der Waals surface area contributed by atoms with Gasteiger partial charge in [0.1, 0.15) is 0 Å². The number of nitrogens with zero attached hydrogens (tertiary/aromatic N) is 2. The Labute approximate surface area is 114 Å². The lowest BCUT2D eigenvalue weighted by atomic mass is 10.2. The summed E-state index contributed by atoms with van der Waals surface area (Å²) in [4.78, 5) is 13.8. The summed E-state index contributed by atoms with van der Waals surface area (Å²) >= 11 is 0. The number of para-hydroxylation sites is 2. The van der Waals surface area contributed by atoms with Gasteiger partial charge in [-0.2, -0.15) is 5.26 Å². The number of benzene rings is 1. The molecule has 0 aliphatic carbocycles. The Morgan fingerprint density at radius 2 is 2.16 bits per heavy atom. The van der Waals surface area contributed by atoms with Crippen LogP contribution in [0.2, 0.25) is 0 Å². The number of carbonyl (C=O) groups excluding carboxylic acids is 1. The topological polar surface area (TPSA) is 82.2 Å². The van der Waals surface area contributed by atoms with Crippen molar-refractivity contribution in [3.63, 3.8) is 0 Å². The molecule has 0 fully saturated rings. The molecule has 5 heteroatoms. The zero-order valence-corrected chi connectivity index (χ0v) is 11.2. The molecule has 19 heavy (non-hydrogen) atoms. The van der Waals surface area contributed by atoms with E-state index in [4.69, 9.17) is 11.0 Å². The fourth-order valence-corrected chi connectivity index (χ4v) is 1.69. The van der Waals surface area contributed by atoms with E-state index >= 15 is 0 Å². The van der Waals surface area contributed by atoms with Crippen LogP contribution in [0, 0.1) is 11.3 Å². The standard InChI is InChI=1S/C14H20N4O/c1-18(11-5-9-15)10-4-8-14(19)17-13-7-3-2-6-12(13)16/h2-3,6-7H,4-5,8,10-11,16H2,1H3,(H,17,19). The molecule has 0 radical (unpaired) electrons. The van der Waals surface area contributed by atoms with Gasteiger partial charge in [0.15, 0.2) is 0 Å². The molecule has 102 valence electrons. The molecule has 0 bridgehead atoms. The van der Waals surface area contributed by atoms with Gasteiger partial charge in [0.25, 0.3) is 0 Å². The van der Waals surface area contributed by atoms with E-state index in [9.17, 15) is 4.79 Å². The molecule has 0 aliphatic heterocycles. The van der Waals surface area contributed by atoms with Gasteiger partial charge in [0.05, 0.1) is 17.4 Å². The van der Waals surface area contributed by atoms with Gasteiger partial charge < -0.3 is 16.0 Å². The molecule has 1 aromatic rings. The summed E-state index contributed by atoms with van der Waals surface area (Å²) in [5.41, 5.74) is 6.98. The lowest BCUT2D eigenvalue weighted by molar-refractivity contribution is -0.116. The van der Waals surface area contributed by atoms with Gasteiger partial charge >= 0.3 is 0 Å². The van der Waals surface area contributed by atoms with Crippen LogP contribution in [0.1, 0.15) is 19.3 Å². The van der Waals surface area contributed by atoms with Crippen molar-refractivity contribution in [1.29, 1.82) is 5.26 Å². The van der Waals surface area contributed by atoms with E-state index in [1.165, 1.54) is 0 Å². The first-order valence-electron chi connectivity index (χ1n) is 6.33. The van der Waals surface area contributed by atoms with Crippen molar-refractivity contribution >= 4 is 17.3 Å². The van der Waals surface area contributed by atoms with Crippen molar-refractivity contribution in [3.05, 3.63) is 24.3 Å². The summed E-state index contributed by atoms with van der Waals surface area (Å²) in [6.07, 6.45) is 1.73. The van der Waals surface area contributed by atoms with Crippen LogP contribution in [0.4, 0.5) is 11.4 Å². The van der Waals surface area contributed by atoms with Gasteiger partial charge in [-0.05, 0) is 32.1 Å². The second kappa shape index (κ2) is 8.11. The number of nitrogen functional groups attached to an aromatic ring is 1. The van der Waals surface area contributed by atoms with E-state index in [0.717, 1.165) is 19.5 Å². The van der Waals surface area contributed by atoms with Crippen LogP contribution in [-0.2, 0) is 4.79 Å². The number of anilines is 2. The van der Waals surface area contributed by atoms with E-state index < -0.39 is 0 Å². The molecule has 0 unspecified atom stereocenters. The quantitative estimate of drug-likeness (QED) is 0.733. The van der Waals surface area contributed by atoms with Gasteiger partial charge in [-0.3, -0.25) is 4.79 Å². The maximum atomic E-state index is 11.7. The predicted octanol–water partition coefficient (Wildman–Crippen LogP) is 1.83. The zero-order valence-electron chi connectivity index (χ0n) is 11.2. The Bertz CT molecular complexity index is 453. The predicted molar refractivity (Wildman–Crippen MR) is 76.4 cm³/mol. The Morgan fingerprint density at radius 1 is 1.42 bits per heavy atom. The molecule has 0 heterocycles. The van der Waals surface area contributed by atoms with Crippen molar-refractivity contribution in [2.45, 2.75) is 19.3 Å². The minimum Gasteiger partial charge on any atom is -0.397 e. The second-order valence-corrected chi connectivity index (χ2v) is 4.45. The number of nitriles is 1. The summed E-state index contributed by atoms with van der Waals surface area (Å²) in [5, 5.41) is 11.3. The fraction of sp³-hybridized carbons (Fsp3) is 0.429. The van der Waals surface area contributed by atoms with E-state index in [-0.39, 0.29) is 5.91 Å². The van der Waals surface area contributed by atoms with Gasteiger partial charge in [-0.25, -0.2) is 0 Å². The largest absolute Gasteiger partial charge is 0.397 e. The smallest absolute Gasteiger partial charge is 0.224 e. The average Bonchev–Trinajstić information content (AvgIpc) is 2.39. The van der Waals surface area contributed by atoms with Gasteiger partial charge in [-0.1, -0.05) is 12.1 Å². The Morgan fingerprint density at radius 3 is 2.84 bits per heavy atom. The number of hydrogen-bond acceptors (Lipinski definition) is 4. The van der Waals surface area contributed by atoms with Crippen molar-refractivity contribution in [1.82, 2.24) is 4.90 Å². The molecule has 0 saturated carbocycles. The monoisotopic (exact) mass is 260 g/mol. The van der Waals surface area contributed by atoms with Crippen molar-refractivity contribution < 1.29 is 4.79 Å². The van der Waals surface area contributed by atoms with Crippen LogP contribution in [0.3, 0.4) is 0 Å². The molecule has 0 spiro atoms. The number of nitrogens with two attached hydrogens (primary N) is 1. The number of carbonyl (C=O) groups is 1. The van der Waals surface area contributed by atoms with Crippen LogP contribution in [0.15, 0.2) is 24.3 Å². The summed E-state index contributed by atoms with van der Waals surface area (Å²) in [6.45, 7) is 1.54. The second-order valence-electron chi connectivity index (χ2n) is 4.45. The first kappa shape index (κ1) is 15.0. The number of amides is 1. The third kappa shape index (κ3) is 5.89. The lowest BCUT2D eigenvalue weighted by Gasteiger charge is -2.14. The molecule has 0 atom stereocenters. The molecular weight excluding hydrogens is 240 g/mol. The SMILES string of the molecule is CN(CCC#N)CCCC(=O)Nc1ccccc1N. The molecule has 0 aliphatic rings. The van der Waals surface area contributed by atoms with Gasteiger partial charge in [-0.15, -0.1) is 0 Å². The number of hydrogen-bond donors (Lipinski definition) is 2. The third-order valence-corrected chi connectivity index (χ3v) is 2.78. The van der Waals surface area contributed by atoms with E-state index in [1.807, 2.05) is 24.1 Å². The number of nitrogens with one attached hydrogen (secondary N) is 1. The summed E-state index contributed by atoms with van der Waals surface area (Å²) in [5.74, 6) is -0.0356. The summed E-state index contributed by atoms with van der Waals surface area (Å²) in [6, 6.07) is 9.30. The maximum Gasteiger partial charge on any atom is 0.224 e. The lowest BCUT2D eigenvalue weighted by Crippen LogP contribution is -2.22. The van der Waals surface area contributed by atoms with E-state index in [1.54, 1.807) is 12.1 Å². The van der Waals surface area contributed by atoms with E-state index in [2.05, 4.69) is 11.4 Å². The zero-order chi connectivity index (χ0) is 14.1. The Kier molecular flexibility index (Phi) is 6.41. The highest BCUT2D eigenvalue weighted by atomic mass is 16.1. The highest BCUT2D eigenvalue weighted by molar-refractivity contribution is 5.93. The van der Waals surface area contributed by atoms with Crippen LogP contribution >= 0.6 is 0 Å². The molecule has 0 saturated heterocycles. The van der Waals surface area contributed by atoms with Gasteiger partial charge in [0, 0.05) is 19.4 Å². The summed E-state index contributed by atoms with van der Waals surface area (Å²) < 4.78 is 0. The fourth-order valence-electron chi connectivity index (χ4n) is 1.69. The highest BCUT2D eigenvalue weighted by Crippen LogP contribution is 2.16. The number of rotatable bonds is 7. The first-order chi connectivity index (χ1) is 9.13. The minimum absolute atomic E-state index is 0.0356.